The summed E-state index contributed by atoms with van der Waals surface area (Å²) in [6, 6.07) is 19.3. The maximum Gasteiger partial charge on any atom is 0.259 e. The molecule has 8 heteroatoms. The highest BCUT2D eigenvalue weighted by Gasteiger charge is 2.19. The predicted octanol–water partition coefficient (Wildman–Crippen LogP) is 6.11. The number of carbonyl (C=O) groups is 1. The molecule has 0 saturated heterocycles. The molecule has 35 heavy (non-hydrogen) atoms. The molecule has 0 saturated carbocycles. The lowest BCUT2D eigenvalue weighted by atomic mass is 10.00. The van der Waals surface area contributed by atoms with Gasteiger partial charge in [0.15, 0.2) is 0 Å². The van der Waals surface area contributed by atoms with Crippen LogP contribution in [0.5, 0.6) is 0 Å². The zero-order chi connectivity index (χ0) is 24.5. The number of halogens is 1. The number of hydrogen-bond donors (Lipinski definition) is 1. The fourth-order valence-electron chi connectivity index (χ4n) is 4.01. The fourth-order valence-corrected chi connectivity index (χ4v) is 4.01. The number of nitrogens with zero attached hydrogens (tertiary/aromatic N) is 4. The second kappa shape index (κ2) is 9.13. The van der Waals surface area contributed by atoms with Crippen LogP contribution in [0.25, 0.3) is 33.5 Å². The summed E-state index contributed by atoms with van der Waals surface area (Å²) in [4.78, 5) is 14.7. The van der Waals surface area contributed by atoms with Crippen LogP contribution in [0.3, 0.4) is 0 Å². The summed E-state index contributed by atoms with van der Waals surface area (Å²) in [6.45, 7) is 6.66. The summed E-state index contributed by atoms with van der Waals surface area (Å²) < 4.78 is 19.1. The maximum atomic E-state index is 13.2. The molecule has 0 radical (unpaired) electrons. The minimum atomic E-state index is -0.363. The molecule has 176 valence electrons. The van der Waals surface area contributed by atoms with E-state index in [9.17, 15) is 9.18 Å². The zero-order valence-corrected chi connectivity index (χ0v) is 19.6. The third-order valence-electron chi connectivity index (χ3n) is 5.63. The van der Waals surface area contributed by atoms with Crippen molar-refractivity contribution in [1.82, 2.24) is 20.2 Å². The van der Waals surface area contributed by atoms with E-state index in [1.165, 1.54) is 24.3 Å². The third kappa shape index (κ3) is 4.68. The number of carbonyl (C=O) groups excluding carboxylic acids is 1. The van der Waals surface area contributed by atoms with Gasteiger partial charge in [0.05, 0.1) is 12.1 Å². The third-order valence-corrected chi connectivity index (χ3v) is 5.63. The lowest BCUT2D eigenvalue weighted by Crippen LogP contribution is -2.12. The van der Waals surface area contributed by atoms with Crippen molar-refractivity contribution in [3.8, 4) is 22.5 Å². The van der Waals surface area contributed by atoms with Gasteiger partial charge in [0, 0.05) is 16.6 Å². The van der Waals surface area contributed by atoms with E-state index in [1.807, 2.05) is 42.5 Å². The molecule has 0 fully saturated rings. The van der Waals surface area contributed by atoms with Crippen molar-refractivity contribution in [2.75, 3.05) is 5.32 Å². The van der Waals surface area contributed by atoms with E-state index < -0.39 is 0 Å². The van der Waals surface area contributed by atoms with Crippen LogP contribution in [0.2, 0.25) is 0 Å². The van der Waals surface area contributed by atoms with Crippen molar-refractivity contribution in [3.63, 3.8) is 0 Å². The van der Waals surface area contributed by atoms with Gasteiger partial charge in [-0.25, -0.2) is 4.39 Å². The number of rotatable bonds is 6. The Labute approximate surface area is 201 Å². The van der Waals surface area contributed by atoms with Crippen LogP contribution in [0, 0.1) is 18.7 Å². The highest BCUT2D eigenvalue weighted by Crippen LogP contribution is 2.32. The molecule has 5 aromatic rings. The van der Waals surface area contributed by atoms with Gasteiger partial charge in [-0.1, -0.05) is 38.1 Å². The molecule has 7 nitrogen and oxygen atoms in total. The smallest absolute Gasteiger partial charge is 0.259 e. The molecule has 2 aromatic heterocycles. The summed E-state index contributed by atoms with van der Waals surface area (Å²) in [6.07, 6.45) is 0. The average molecular weight is 470 g/mol. The lowest BCUT2D eigenvalue weighted by Gasteiger charge is -2.06. The number of anilines is 1. The second-order valence-corrected chi connectivity index (χ2v) is 8.85. The Kier molecular flexibility index (Phi) is 5.86. The SMILES string of the molecule is Cc1oc2ccc(-c3cccc(-c4nnn(CC(C)C)n4)c3)cc2c1C(=O)Nc1ccc(F)cc1. The molecule has 1 amide bonds. The first-order chi connectivity index (χ1) is 16.9. The standard InChI is InChI=1S/C27H24FN5O2/c1-16(2)15-33-31-26(30-32-33)20-6-4-5-18(13-20)19-7-12-24-23(14-19)25(17(3)35-24)27(34)29-22-10-8-21(28)9-11-22/h4-14,16H,15H2,1-3H3,(H,29,34). The van der Waals surface area contributed by atoms with Gasteiger partial charge in [0.2, 0.25) is 5.82 Å². The number of aryl methyl sites for hydroxylation is 1. The minimum Gasteiger partial charge on any atom is -0.461 e. The number of amides is 1. The molecule has 0 unspecified atom stereocenters. The Balaban J connectivity index is 1.48. The normalized spacial score (nSPS) is 11.3. The Morgan fingerprint density at radius 2 is 1.77 bits per heavy atom. The molecule has 0 aliphatic carbocycles. The molecule has 5 rings (SSSR count). The fraction of sp³-hybridized carbons (Fsp3) is 0.185. The number of aromatic nitrogens is 4. The van der Waals surface area contributed by atoms with Crippen LogP contribution in [-0.2, 0) is 6.54 Å². The second-order valence-electron chi connectivity index (χ2n) is 8.85. The van der Waals surface area contributed by atoms with E-state index in [1.54, 1.807) is 11.7 Å². The summed E-state index contributed by atoms with van der Waals surface area (Å²) in [5, 5.41) is 16.4. The largest absolute Gasteiger partial charge is 0.461 e. The first-order valence-electron chi connectivity index (χ1n) is 11.4. The number of nitrogens with one attached hydrogen (secondary N) is 1. The molecule has 3 aromatic carbocycles. The van der Waals surface area contributed by atoms with Gasteiger partial charge in [0.25, 0.3) is 5.91 Å². The molecule has 2 heterocycles. The zero-order valence-electron chi connectivity index (χ0n) is 19.6. The number of fused-ring (bicyclic) bond motifs is 1. The summed E-state index contributed by atoms with van der Waals surface area (Å²) in [5.41, 5.74) is 4.30. The topological polar surface area (TPSA) is 85.8 Å². The van der Waals surface area contributed by atoms with E-state index in [4.69, 9.17) is 4.42 Å². The average Bonchev–Trinajstić information content (AvgIpc) is 3.43. The minimum absolute atomic E-state index is 0.315. The van der Waals surface area contributed by atoms with Gasteiger partial charge in [0.1, 0.15) is 17.2 Å². The summed E-state index contributed by atoms with van der Waals surface area (Å²) in [7, 11) is 0. The van der Waals surface area contributed by atoms with Crippen LogP contribution in [0.4, 0.5) is 10.1 Å². The Bertz CT molecular complexity index is 1520. The van der Waals surface area contributed by atoms with Gasteiger partial charge in [-0.05, 0) is 71.6 Å². The molecule has 0 bridgehead atoms. The first kappa shape index (κ1) is 22.5. The molecule has 0 aliphatic heterocycles. The molecule has 0 aliphatic rings. The molecular weight excluding hydrogens is 445 g/mol. The van der Waals surface area contributed by atoms with E-state index in [-0.39, 0.29) is 11.7 Å². The van der Waals surface area contributed by atoms with Crippen molar-refractivity contribution in [2.45, 2.75) is 27.3 Å². The van der Waals surface area contributed by atoms with Gasteiger partial charge in [-0.15, -0.1) is 10.2 Å². The summed E-state index contributed by atoms with van der Waals surface area (Å²) in [5.74, 6) is 0.814. The molecule has 0 atom stereocenters. The van der Waals surface area contributed by atoms with Crippen molar-refractivity contribution < 1.29 is 13.6 Å². The van der Waals surface area contributed by atoms with Crippen molar-refractivity contribution in [1.29, 1.82) is 0 Å². The van der Waals surface area contributed by atoms with Crippen molar-refractivity contribution in [3.05, 3.63) is 83.9 Å². The number of furan rings is 1. The van der Waals surface area contributed by atoms with Gasteiger partial charge >= 0.3 is 0 Å². The van der Waals surface area contributed by atoms with Crippen LogP contribution in [0.1, 0.15) is 30.0 Å². The molecule has 1 N–H and O–H groups in total. The lowest BCUT2D eigenvalue weighted by molar-refractivity contribution is 0.102. The van der Waals surface area contributed by atoms with E-state index in [2.05, 4.69) is 34.6 Å². The summed E-state index contributed by atoms with van der Waals surface area (Å²) >= 11 is 0. The monoisotopic (exact) mass is 469 g/mol. The van der Waals surface area contributed by atoms with Crippen LogP contribution < -0.4 is 5.32 Å². The Morgan fingerprint density at radius 1 is 1.03 bits per heavy atom. The Hall–Kier alpha value is -4.33. The number of hydrogen-bond acceptors (Lipinski definition) is 5. The molecular formula is C27H24FN5O2. The quantitative estimate of drug-likeness (QED) is 0.324. The van der Waals surface area contributed by atoms with E-state index in [0.717, 1.165) is 16.7 Å². The molecule has 0 spiro atoms. The Morgan fingerprint density at radius 3 is 2.54 bits per heavy atom. The van der Waals surface area contributed by atoms with Crippen LogP contribution in [0.15, 0.2) is 71.1 Å². The van der Waals surface area contributed by atoms with Gasteiger partial charge in [-0.3, -0.25) is 4.79 Å². The highest BCUT2D eigenvalue weighted by molar-refractivity contribution is 6.13. The van der Waals surface area contributed by atoms with Gasteiger partial charge in [-0.2, -0.15) is 4.80 Å². The van der Waals surface area contributed by atoms with Gasteiger partial charge < -0.3 is 9.73 Å². The van der Waals surface area contributed by atoms with E-state index in [0.29, 0.717) is 46.3 Å². The first-order valence-corrected chi connectivity index (χ1v) is 11.4. The number of tetrazole rings is 1. The highest BCUT2D eigenvalue weighted by atomic mass is 19.1. The van der Waals surface area contributed by atoms with Crippen molar-refractivity contribution in [2.24, 2.45) is 5.92 Å². The van der Waals surface area contributed by atoms with Crippen LogP contribution >= 0.6 is 0 Å². The van der Waals surface area contributed by atoms with Crippen LogP contribution in [-0.4, -0.2) is 26.1 Å². The van der Waals surface area contributed by atoms with Crippen molar-refractivity contribution >= 4 is 22.6 Å². The maximum absolute atomic E-state index is 13.2. The van der Waals surface area contributed by atoms with E-state index >= 15 is 0 Å². The number of benzene rings is 3. The predicted molar refractivity (Wildman–Crippen MR) is 132 cm³/mol.